The van der Waals surface area contributed by atoms with Gasteiger partial charge in [-0.25, -0.2) is 0 Å². The molecular formula is C15H21NO3. The summed E-state index contributed by atoms with van der Waals surface area (Å²) in [6, 6.07) is 7.51. The summed E-state index contributed by atoms with van der Waals surface area (Å²) in [5.41, 5.74) is 0.863. The molecule has 0 saturated carbocycles. The van der Waals surface area contributed by atoms with Gasteiger partial charge in [-0.05, 0) is 25.5 Å². The molecule has 1 rings (SSSR count). The fourth-order valence-electron chi connectivity index (χ4n) is 1.58. The van der Waals surface area contributed by atoms with Crippen molar-refractivity contribution in [1.29, 1.82) is 0 Å². The number of rotatable bonds is 6. The average molecular weight is 263 g/mol. The second-order valence-electron chi connectivity index (χ2n) is 4.47. The Balaban J connectivity index is 2.62. The minimum atomic E-state index is -0.395. The van der Waals surface area contributed by atoms with Crippen LogP contribution >= 0.6 is 0 Å². The number of methoxy groups -OCH3 is 1. The van der Waals surface area contributed by atoms with Gasteiger partial charge in [-0.1, -0.05) is 18.2 Å². The zero-order valence-electron chi connectivity index (χ0n) is 11.7. The van der Waals surface area contributed by atoms with Crippen molar-refractivity contribution in [2.24, 2.45) is 0 Å². The van der Waals surface area contributed by atoms with E-state index in [0.29, 0.717) is 13.0 Å². The molecule has 0 aliphatic rings. The van der Waals surface area contributed by atoms with E-state index in [1.807, 2.05) is 24.3 Å². The molecule has 0 spiro atoms. The van der Waals surface area contributed by atoms with E-state index in [-0.39, 0.29) is 5.91 Å². The third-order valence-corrected chi connectivity index (χ3v) is 2.80. The van der Waals surface area contributed by atoms with E-state index in [4.69, 9.17) is 4.74 Å². The van der Waals surface area contributed by atoms with Crippen molar-refractivity contribution in [3.8, 4) is 5.75 Å². The molecule has 1 aromatic rings. The normalized spacial score (nSPS) is 12.4. The quantitative estimate of drug-likeness (QED) is 0.798. The van der Waals surface area contributed by atoms with Crippen molar-refractivity contribution in [1.82, 2.24) is 4.90 Å². The van der Waals surface area contributed by atoms with Crippen LogP contribution in [-0.4, -0.2) is 42.7 Å². The number of aliphatic hydroxyl groups excluding tert-OH is 1. The lowest BCUT2D eigenvalue weighted by molar-refractivity contribution is -0.124. The Morgan fingerprint density at radius 3 is 2.79 bits per heavy atom. The second-order valence-corrected chi connectivity index (χ2v) is 4.47. The SMILES string of the molecule is COc1ccccc1/C=C/C(=O)N(C)CCC(C)O. The van der Waals surface area contributed by atoms with Gasteiger partial charge in [0.2, 0.25) is 5.91 Å². The molecule has 4 nitrogen and oxygen atoms in total. The lowest BCUT2D eigenvalue weighted by Crippen LogP contribution is -2.27. The van der Waals surface area contributed by atoms with Crippen LogP contribution in [0.1, 0.15) is 18.9 Å². The van der Waals surface area contributed by atoms with Crippen LogP contribution in [0.3, 0.4) is 0 Å². The van der Waals surface area contributed by atoms with Gasteiger partial charge >= 0.3 is 0 Å². The third kappa shape index (κ3) is 5.14. The van der Waals surface area contributed by atoms with Gasteiger partial charge in [0.1, 0.15) is 5.75 Å². The van der Waals surface area contributed by atoms with E-state index < -0.39 is 6.10 Å². The van der Waals surface area contributed by atoms with Gasteiger partial charge < -0.3 is 14.7 Å². The highest BCUT2D eigenvalue weighted by Crippen LogP contribution is 2.18. The first-order valence-electron chi connectivity index (χ1n) is 6.29. The Hall–Kier alpha value is -1.81. The van der Waals surface area contributed by atoms with E-state index in [2.05, 4.69) is 0 Å². The summed E-state index contributed by atoms with van der Waals surface area (Å²) in [6.07, 6.45) is 3.43. The lowest BCUT2D eigenvalue weighted by Gasteiger charge is -2.15. The van der Waals surface area contributed by atoms with Gasteiger partial charge in [0.15, 0.2) is 0 Å². The predicted molar refractivity (Wildman–Crippen MR) is 76.0 cm³/mol. The smallest absolute Gasteiger partial charge is 0.246 e. The first-order valence-corrected chi connectivity index (χ1v) is 6.29. The van der Waals surface area contributed by atoms with Crippen LogP contribution < -0.4 is 4.74 Å². The number of hydrogen-bond acceptors (Lipinski definition) is 3. The molecule has 0 saturated heterocycles. The molecule has 0 aliphatic heterocycles. The number of carbonyl (C=O) groups excluding carboxylic acids is 1. The maximum atomic E-state index is 11.8. The largest absolute Gasteiger partial charge is 0.496 e. The summed E-state index contributed by atoms with van der Waals surface area (Å²) in [6.45, 7) is 2.25. The third-order valence-electron chi connectivity index (χ3n) is 2.80. The molecule has 1 N–H and O–H groups in total. The summed E-state index contributed by atoms with van der Waals surface area (Å²) in [4.78, 5) is 13.4. The van der Waals surface area contributed by atoms with Gasteiger partial charge in [0, 0.05) is 25.2 Å². The first kappa shape index (κ1) is 15.2. The van der Waals surface area contributed by atoms with Crippen LogP contribution in [0.25, 0.3) is 6.08 Å². The fourth-order valence-corrected chi connectivity index (χ4v) is 1.58. The van der Waals surface area contributed by atoms with Crippen LogP contribution in [0, 0.1) is 0 Å². The molecule has 0 fully saturated rings. The highest BCUT2D eigenvalue weighted by molar-refractivity contribution is 5.92. The number of amides is 1. The van der Waals surface area contributed by atoms with Crippen LogP contribution in [0.4, 0.5) is 0 Å². The highest BCUT2D eigenvalue weighted by Gasteiger charge is 2.06. The van der Waals surface area contributed by atoms with Crippen LogP contribution in [-0.2, 0) is 4.79 Å². The predicted octanol–water partition coefficient (Wildman–Crippen LogP) is 1.94. The maximum absolute atomic E-state index is 11.8. The Labute approximate surface area is 114 Å². The number of hydrogen-bond donors (Lipinski definition) is 1. The summed E-state index contributed by atoms with van der Waals surface area (Å²) in [5, 5.41) is 9.19. The van der Waals surface area contributed by atoms with E-state index in [9.17, 15) is 9.90 Å². The second kappa shape index (κ2) is 7.59. The van der Waals surface area contributed by atoms with Gasteiger partial charge in [-0.2, -0.15) is 0 Å². The Kier molecular flexibility index (Phi) is 6.09. The molecule has 1 amide bonds. The van der Waals surface area contributed by atoms with Gasteiger partial charge in [0.05, 0.1) is 13.2 Å². The van der Waals surface area contributed by atoms with Crippen molar-refractivity contribution < 1.29 is 14.6 Å². The van der Waals surface area contributed by atoms with E-state index in [0.717, 1.165) is 11.3 Å². The zero-order valence-corrected chi connectivity index (χ0v) is 11.7. The van der Waals surface area contributed by atoms with Crippen molar-refractivity contribution in [3.05, 3.63) is 35.9 Å². The summed E-state index contributed by atoms with van der Waals surface area (Å²) >= 11 is 0. The molecule has 4 heteroatoms. The lowest BCUT2D eigenvalue weighted by atomic mass is 10.2. The van der Waals surface area contributed by atoms with E-state index >= 15 is 0 Å². The molecule has 1 unspecified atom stereocenters. The number of ether oxygens (including phenoxy) is 1. The maximum Gasteiger partial charge on any atom is 0.246 e. The summed E-state index contributed by atoms with van der Waals surface area (Å²) < 4.78 is 5.21. The number of carbonyl (C=O) groups is 1. The Morgan fingerprint density at radius 2 is 2.16 bits per heavy atom. The van der Waals surface area contributed by atoms with Crippen LogP contribution in [0.5, 0.6) is 5.75 Å². The van der Waals surface area contributed by atoms with Gasteiger partial charge in [0.25, 0.3) is 0 Å². The molecule has 0 aromatic heterocycles. The van der Waals surface area contributed by atoms with E-state index in [1.165, 1.54) is 6.08 Å². The first-order chi connectivity index (χ1) is 9.04. The molecule has 0 radical (unpaired) electrons. The fraction of sp³-hybridized carbons (Fsp3) is 0.400. The highest BCUT2D eigenvalue weighted by atomic mass is 16.5. The zero-order chi connectivity index (χ0) is 14.3. The number of likely N-dealkylation sites (N-methyl/N-ethyl adjacent to an activating group) is 1. The van der Waals surface area contributed by atoms with Crippen molar-refractivity contribution >= 4 is 12.0 Å². The molecule has 104 valence electrons. The minimum Gasteiger partial charge on any atom is -0.496 e. The van der Waals surface area contributed by atoms with Crippen LogP contribution in [0.15, 0.2) is 30.3 Å². The standard InChI is InChI=1S/C15H21NO3/c1-12(17)10-11-16(2)15(18)9-8-13-6-4-5-7-14(13)19-3/h4-9,12,17H,10-11H2,1-3H3/b9-8+. The minimum absolute atomic E-state index is 0.0912. The summed E-state index contributed by atoms with van der Waals surface area (Å²) in [5.74, 6) is 0.643. The van der Waals surface area contributed by atoms with Gasteiger partial charge in [-0.15, -0.1) is 0 Å². The Morgan fingerprint density at radius 1 is 1.47 bits per heavy atom. The molecule has 1 aromatic carbocycles. The van der Waals surface area contributed by atoms with Gasteiger partial charge in [-0.3, -0.25) is 4.79 Å². The average Bonchev–Trinajstić information content (AvgIpc) is 2.42. The number of para-hydroxylation sites is 1. The molecule has 0 bridgehead atoms. The number of aliphatic hydroxyl groups is 1. The molecule has 1 atom stereocenters. The summed E-state index contributed by atoms with van der Waals surface area (Å²) in [7, 11) is 3.32. The molecule has 0 heterocycles. The number of nitrogens with zero attached hydrogens (tertiary/aromatic N) is 1. The monoisotopic (exact) mass is 263 g/mol. The topological polar surface area (TPSA) is 49.8 Å². The molecule has 19 heavy (non-hydrogen) atoms. The van der Waals surface area contributed by atoms with Crippen molar-refractivity contribution in [2.75, 3.05) is 20.7 Å². The van der Waals surface area contributed by atoms with E-state index in [1.54, 1.807) is 32.1 Å². The Bertz CT molecular complexity index is 441. The van der Waals surface area contributed by atoms with Crippen LogP contribution in [0.2, 0.25) is 0 Å². The van der Waals surface area contributed by atoms with Crippen molar-refractivity contribution in [2.45, 2.75) is 19.4 Å². The number of benzene rings is 1. The molecule has 0 aliphatic carbocycles. The van der Waals surface area contributed by atoms with Crippen molar-refractivity contribution in [3.63, 3.8) is 0 Å². The molecular weight excluding hydrogens is 242 g/mol.